The van der Waals surface area contributed by atoms with E-state index in [-0.39, 0.29) is 46.9 Å². The minimum atomic E-state index is -0.863. The second kappa shape index (κ2) is 8.79. The third-order valence-electron chi connectivity index (χ3n) is 11.6. The Morgan fingerprint density at radius 3 is 2.49 bits per heavy atom. The van der Waals surface area contributed by atoms with Crippen LogP contribution < -0.4 is 0 Å². The maximum absolute atomic E-state index is 14.6. The molecule has 0 aromatic heterocycles. The van der Waals surface area contributed by atoms with Gasteiger partial charge in [-0.3, -0.25) is 9.59 Å². The van der Waals surface area contributed by atoms with E-state index in [1.54, 1.807) is 0 Å². The van der Waals surface area contributed by atoms with Gasteiger partial charge in [0.05, 0.1) is 6.10 Å². The van der Waals surface area contributed by atoms with E-state index in [2.05, 4.69) is 40.7 Å². The number of aliphatic hydroxyl groups excluding tert-OH is 1. The lowest BCUT2D eigenvalue weighted by molar-refractivity contribution is -0.228. The molecule has 0 aromatic carbocycles. The van der Waals surface area contributed by atoms with E-state index in [1.807, 2.05) is 6.92 Å². The Morgan fingerprint density at radius 2 is 1.84 bits per heavy atom. The van der Waals surface area contributed by atoms with Crippen LogP contribution in [-0.4, -0.2) is 41.1 Å². The highest BCUT2D eigenvalue weighted by molar-refractivity contribution is 5.95. The Balaban J connectivity index is 1.60. The number of rotatable bonds is 4. The van der Waals surface area contributed by atoms with Crippen molar-refractivity contribution >= 4 is 17.7 Å². The van der Waals surface area contributed by atoms with Gasteiger partial charge in [-0.25, -0.2) is 4.79 Å². The third kappa shape index (κ3) is 3.57. The fraction of sp³-hybridized carbons (Fsp3) is 0.774. The van der Waals surface area contributed by atoms with Gasteiger partial charge < -0.3 is 14.6 Å². The highest BCUT2D eigenvalue weighted by Gasteiger charge is 2.75. The van der Waals surface area contributed by atoms with E-state index in [0.29, 0.717) is 19.3 Å². The van der Waals surface area contributed by atoms with Gasteiger partial charge in [0, 0.05) is 23.8 Å². The summed E-state index contributed by atoms with van der Waals surface area (Å²) >= 11 is 0. The Kier molecular flexibility index (Phi) is 6.33. The molecule has 5 aliphatic rings. The minimum Gasteiger partial charge on any atom is -0.454 e. The first-order chi connectivity index (χ1) is 17.3. The molecule has 10 atom stereocenters. The van der Waals surface area contributed by atoms with Crippen molar-refractivity contribution in [3.63, 3.8) is 0 Å². The molecule has 5 rings (SSSR count). The van der Waals surface area contributed by atoms with E-state index in [1.165, 1.54) is 12.5 Å². The average Bonchev–Trinajstić information content (AvgIpc) is 3.26. The monoisotopic (exact) mass is 512 g/mol. The molecule has 37 heavy (non-hydrogen) atoms. The molecule has 4 aliphatic carbocycles. The molecule has 0 amide bonds. The molecule has 6 heteroatoms. The van der Waals surface area contributed by atoms with E-state index in [0.717, 1.165) is 36.8 Å². The zero-order chi connectivity index (χ0) is 27.1. The van der Waals surface area contributed by atoms with Gasteiger partial charge in [0.2, 0.25) is 0 Å². The van der Waals surface area contributed by atoms with E-state index < -0.39 is 29.0 Å². The van der Waals surface area contributed by atoms with Crippen molar-refractivity contribution in [3.8, 4) is 0 Å². The second-order valence-corrected chi connectivity index (χ2v) is 13.5. The van der Waals surface area contributed by atoms with Crippen LogP contribution in [0.1, 0.15) is 93.4 Å². The molecule has 0 aromatic rings. The molecule has 1 aliphatic heterocycles. The number of Topliss-reactive ketones (excluding diaryl/α,β-unsaturated/α-hetero) is 1. The SMILES string of the molecule is CC(=O)O[C@@H]1C(=O)[C@@]2(C)[C@@H](CCC3C4=C(CCC=C(C)C)C(=O)O[C@H]4C[C@@]32C)[C@@]2(C)CCC(O)[C@@H](C)[C@H]12. The molecule has 0 spiro atoms. The molecule has 6 nitrogen and oxygen atoms in total. The minimum absolute atomic E-state index is 0.00122. The average molecular weight is 513 g/mol. The first-order valence-electron chi connectivity index (χ1n) is 14.2. The summed E-state index contributed by atoms with van der Waals surface area (Å²) < 4.78 is 11.8. The quantitative estimate of drug-likeness (QED) is 0.405. The summed E-state index contributed by atoms with van der Waals surface area (Å²) in [5.74, 6) is -0.758. The van der Waals surface area contributed by atoms with Crippen molar-refractivity contribution in [3.05, 3.63) is 22.8 Å². The second-order valence-electron chi connectivity index (χ2n) is 13.5. The van der Waals surface area contributed by atoms with Crippen LogP contribution >= 0.6 is 0 Å². The van der Waals surface area contributed by atoms with Crippen molar-refractivity contribution in [1.82, 2.24) is 0 Å². The van der Waals surface area contributed by atoms with Crippen molar-refractivity contribution in [1.29, 1.82) is 0 Å². The number of allylic oxidation sites excluding steroid dienone is 2. The Labute approximate surface area is 221 Å². The summed E-state index contributed by atoms with van der Waals surface area (Å²) in [5.41, 5.74) is 1.82. The van der Waals surface area contributed by atoms with Gasteiger partial charge in [-0.15, -0.1) is 0 Å². The van der Waals surface area contributed by atoms with Crippen LogP contribution in [0.15, 0.2) is 22.8 Å². The van der Waals surface area contributed by atoms with Crippen LogP contribution in [0, 0.1) is 39.9 Å². The Hall–Kier alpha value is -1.95. The van der Waals surface area contributed by atoms with Gasteiger partial charge in [-0.05, 0) is 93.0 Å². The zero-order valence-electron chi connectivity index (χ0n) is 23.6. The van der Waals surface area contributed by atoms with Crippen LogP contribution in [-0.2, 0) is 23.9 Å². The Morgan fingerprint density at radius 1 is 1.14 bits per heavy atom. The standard InChI is InChI=1S/C31H44O6/c1-16(2)9-8-10-19-24-20-11-12-23-29(5)14-13-21(33)17(3)25(29)26(36-18(4)32)27(34)31(23,7)30(20,6)15-22(24)37-28(19)35/h9,17,20-23,25-26,33H,8,10-15H2,1-7H3/t17-,20?,21?,22+,23+,25-,26+,29-,30+,31-/m1/s1. The highest BCUT2D eigenvalue weighted by atomic mass is 16.6. The summed E-state index contributed by atoms with van der Waals surface area (Å²) in [5, 5.41) is 10.8. The molecule has 4 fully saturated rings. The third-order valence-corrected chi connectivity index (χ3v) is 11.6. The van der Waals surface area contributed by atoms with Crippen LogP contribution in [0.25, 0.3) is 0 Å². The molecule has 2 unspecified atom stereocenters. The molecular formula is C31H44O6. The van der Waals surface area contributed by atoms with Crippen LogP contribution in [0.4, 0.5) is 0 Å². The lowest BCUT2D eigenvalue weighted by Gasteiger charge is -2.67. The number of hydrogen-bond acceptors (Lipinski definition) is 6. The van der Waals surface area contributed by atoms with Crippen molar-refractivity contribution in [2.45, 2.75) is 112 Å². The molecule has 0 saturated heterocycles. The van der Waals surface area contributed by atoms with E-state index >= 15 is 0 Å². The van der Waals surface area contributed by atoms with E-state index in [9.17, 15) is 19.5 Å². The molecule has 204 valence electrons. The normalized spacial score (nSPS) is 46.4. The van der Waals surface area contributed by atoms with Crippen molar-refractivity contribution in [2.24, 2.45) is 39.9 Å². The maximum atomic E-state index is 14.6. The summed E-state index contributed by atoms with van der Waals surface area (Å²) in [7, 11) is 0. The van der Waals surface area contributed by atoms with Gasteiger partial charge in [-0.2, -0.15) is 0 Å². The van der Waals surface area contributed by atoms with Crippen LogP contribution in [0.5, 0.6) is 0 Å². The maximum Gasteiger partial charge on any atom is 0.334 e. The lowest BCUT2D eigenvalue weighted by Crippen LogP contribution is -2.70. The van der Waals surface area contributed by atoms with Crippen LogP contribution in [0.2, 0.25) is 0 Å². The first-order valence-corrected chi connectivity index (χ1v) is 14.2. The molecule has 4 saturated carbocycles. The molecule has 1 N–H and O–H groups in total. The predicted molar refractivity (Wildman–Crippen MR) is 139 cm³/mol. The first kappa shape index (κ1) is 26.6. The number of carbonyl (C=O) groups is 3. The number of esters is 2. The summed E-state index contributed by atoms with van der Waals surface area (Å²) in [6.45, 7) is 14.1. The van der Waals surface area contributed by atoms with Gasteiger partial charge >= 0.3 is 11.9 Å². The number of hydrogen-bond donors (Lipinski definition) is 1. The fourth-order valence-corrected chi connectivity index (χ4v) is 9.82. The smallest absolute Gasteiger partial charge is 0.334 e. The zero-order valence-corrected chi connectivity index (χ0v) is 23.6. The summed E-state index contributed by atoms with van der Waals surface area (Å²) in [4.78, 5) is 39.8. The molecular weight excluding hydrogens is 468 g/mol. The van der Waals surface area contributed by atoms with Crippen molar-refractivity contribution in [2.75, 3.05) is 0 Å². The largest absolute Gasteiger partial charge is 0.454 e. The number of aliphatic hydroxyl groups is 1. The number of carbonyl (C=O) groups excluding carboxylic acids is 3. The number of ether oxygens (including phenoxy) is 2. The molecule has 1 heterocycles. The van der Waals surface area contributed by atoms with Gasteiger partial charge in [0.15, 0.2) is 11.9 Å². The lowest BCUT2D eigenvalue weighted by atomic mass is 9.36. The number of fused-ring (bicyclic) bond motifs is 7. The van der Waals surface area contributed by atoms with Gasteiger partial charge in [-0.1, -0.05) is 39.3 Å². The van der Waals surface area contributed by atoms with Gasteiger partial charge in [0.1, 0.15) is 6.10 Å². The molecule has 0 radical (unpaired) electrons. The number of ketones is 1. The fourth-order valence-electron chi connectivity index (χ4n) is 9.82. The van der Waals surface area contributed by atoms with Crippen molar-refractivity contribution < 1.29 is 29.0 Å². The van der Waals surface area contributed by atoms with Gasteiger partial charge in [0.25, 0.3) is 0 Å². The Bertz CT molecular complexity index is 1080. The van der Waals surface area contributed by atoms with E-state index in [4.69, 9.17) is 9.47 Å². The topological polar surface area (TPSA) is 89.9 Å². The van der Waals surface area contributed by atoms with Crippen LogP contribution in [0.3, 0.4) is 0 Å². The summed E-state index contributed by atoms with van der Waals surface area (Å²) in [6.07, 6.45) is 5.96. The summed E-state index contributed by atoms with van der Waals surface area (Å²) in [6, 6.07) is 0. The predicted octanol–water partition coefficient (Wildman–Crippen LogP) is 5.33. The molecule has 0 bridgehead atoms. The highest BCUT2D eigenvalue weighted by Crippen LogP contribution is 2.74.